The van der Waals surface area contributed by atoms with E-state index in [4.69, 9.17) is 0 Å². The van der Waals surface area contributed by atoms with E-state index < -0.39 is 0 Å². The Hall–Kier alpha value is -3.57. The molecule has 1 unspecified atom stereocenters. The summed E-state index contributed by atoms with van der Waals surface area (Å²) in [6.07, 6.45) is 4.64. The van der Waals surface area contributed by atoms with Gasteiger partial charge in [0.1, 0.15) is 16.4 Å². The van der Waals surface area contributed by atoms with Gasteiger partial charge in [-0.15, -0.1) is 0 Å². The molecule has 4 nitrogen and oxygen atoms in total. The molecule has 0 radical (unpaired) electrons. The van der Waals surface area contributed by atoms with E-state index in [1.165, 1.54) is 11.8 Å². The molecule has 0 saturated heterocycles. The molecular formula is C27H24N2O2S. The van der Waals surface area contributed by atoms with Gasteiger partial charge in [0, 0.05) is 5.69 Å². The van der Waals surface area contributed by atoms with Gasteiger partial charge in [0.15, 0.2) is 0 Å². The smallest absolute Gasteiger partial charge is 0.261 e. The van der Waals surface area contributed by atoms with E-state index in [2.05, 4.69) is 10.3 Å². The van der Waals surface area contributed by atoms with Gasteiger partial charge in [0.2, 0.25) is 0 Å². The molecular weight excluding hydrogens is 416 g/mol. The summed E-state index contributed by atoms with van der Waals surface area (Å²) >= 11 is 1.43. The quantitative estimate of drug-likeness (QED) is 0.456. The second kappa shape index (κ2) is 10.6. The Kier molecular flexibility index (Phi) is 7.20. The van der Waals surface area contributed by atoms with Crippen molar-refractivity contribution in [3.05, 3.63) is 120 Å². The van der Waals surface area contributed by atoms with Crippen LogP contribution in [0, 0.1) is 0 Å². The Morgan fingerprint density at radius 1 is 0.938 bits per heavy atom. The number of rotatable bonds is 7. The second-order valence-corrected chi connectivity index (χ2v) is 8.53. The molecule has 0 aromatic heterocycles. The van der Waals surface area contributed by atoms with Crippen molar-refractivity contribution in [3.8, 4) is 0 Å². The average molecular weight is 441 g/mol. The second-order valence-electron chi connectivity index (χ2n) is 7.34. The van der Waals surface area contributed by atoms with Crippen molar-refractivity contribution < 1.29 is 9.90 Å². The molecule has 4 rings (SSSR count). The average Bonchev–Trinajstić information content (AvgIpc) is 3.15. The number of nitrogens with zero attached hydrogens (tertiary/aromatic N) is 1. The van der Waals surface area contributed by atoms with E-state index in [0.717, 1.165) is 11.1 Å². The minimum atomic E-state index is -0.345. The summed E-state index contributed by atoms with van der Waals surface area (Å²) in [6.45, 7) is 0.450. The summed E-state index contributed by atoms with van der Waals surface area (Å²) in [5, 5.41) is 14.1. The van der Waals surface area contributed by atoms with Crippen LogP contribution in [0.5, 0.6) is 0 Å². The van der Waals surface area contributed by atoms with Gasteiger partial charge >= 0.3 is 0 Å². The zero-order valence-corrected chi connectivity index (χ0v) is 18.3. The molecule has 1 atom stereocenters. The number of aliphatic hydroxyl groups excluding tert-OH is 1. The molecule has 0 spiro atoms. The third kappa shape index (κ3) is 5.56. The van der Waals surface area contributed by atoms with E-state index in [1.54, 1.807) is 0 Å². The number of para-hydroxylation sites is 1. The lowest BCUT2D eigenvalue weighted by molar-refractivity contribution is -0.112. The van der Waals surface area contributed by atoms with Crippen molar-refractivity contribution in [1.82, 2.24) is 0 Å². The van der Waals surface area contributed by atoms with Gasteiger partial charge in [0.25, 0.3) is 5.91 Å². The standard InChI is InChI=1S/C27H24N2O2S/c30-25-23(18-10-15-20-11-4-1-5-12-20)32-27(28-19-21-13-6-2-7-14-21)24(25)26(31)29-22-16-8-3-9-17-22/h1-17,23,30H,18-19H2,(H,29,31)/b15-10+,28-27?. The largest absolute Gasteiger partial charge is 0.510 e. The lowest BCUT2D eigenvalue weighted by Gasteiger charge is -2.07. The van der Waals surface area contributed by atoms with Gasteiger partial charge in [-0.3, -0.25) is 9.79 Å². The number of benzene rings is 3. The zero-order chi connectivity index (χ0) is 22.2. The van der Waals surface area contributed by atoms with Crippen LogP contribution in [0.15, 0.2) is 113 Å². The maximum Gasteiger partial charge on any atom is 0.261 e. The zero-order valence-electron chi connectivity index (χ0n) is 17.5. The Morgan fingerprint density at radius 2 is 1.56 bits per heavy atom. The summed E-state index contributed by atoms with van der Waals surface area (Å²) in [5.41, 5.74) is 3.08. The first-order chi connectivity index (χ1) is 15.7. The normalized spacial score (nSPS) is 17.2. The Balaban J connectivity index is 1.55. The molecule has 2 N–H and O–H groups in total. The number of carbonyl (C=O) groups is 1. The van der Waals surface area contributed by atoms with Crippen molar-refractivity contribution in [2.24, 2.45) is 4.99 Å². The Bertz CT molecular complexity index is 1140. The predicted molar refractivity (Wildman–Crippen MR) is 134 cm³/mol. The van der Waals surface area contributed by atoms with E-state index in [-0.39, 0.29) is 22.5 Å². The van der Waals surface area contributed by atoms with Crippen molar-refractivity contribution in [3.63, 3.8) is 0 Å². The molecule has 0 aliphatic carbocycles. The van der Waals surface area contributed by atoms with Crippen LogP contribution in [0.1, 0.15) is 17.5 Å². The number of anilines is 1. The SMILES string of the molecule is O=C(Nc1ccccc1)C1=C(O)C(C/C=C/c2ccccc2)SC1=NCc1ccccc1. The predicted octanol–water partition coefficient (Wildman–Crippen LogP) is 6.25. The molecule has 1 amide bonds. The number of allylic oxidation sites excluding steroid dienone is 1. The van der Waals surface area contributed by atoms with E-state index >= 15 is 0 Å². The molecule has 0 bridgehead atoms. The fourth-order valence-electron chi connectivity index (χ4n) is 3.36. The van der Waals surface area contributed by atoms with Crippen LogP contribution in [-0.4, -0.2) is 21.3 Å². The summed E-state index contributed by atoms with van der Waals surface area (Å²) in [4.78, 5) is 17.7. The Labute approximate surface area is 192 Å². The highest BCUT2D eigenvalue weighted by Gasteiger charge is 2.35. The number of aliphatic imine (C=N–C) groups is 1. The van der Waals surface area contributed by atoms with Crippen LogP contribution in [-0.2, 0) is 11.3 Å². The number of thioether (sulfide) groups is 1. The molecule has 3 aromatic carbocycles. The van der Waals surface area contributed by atoms with Crippen LogP contribution in [0.25, 0.3) is 6.08 Å². The van der Waals surface area contributed by atoms with Crippen molar-refractivity contribution in [2.45, 2.75) is 18.2 Å². The number of hydrogen-bond donors (Lipinski definition) is 2. The molecule has 1 heterocycles. The van der Waals surface area contributed by atoms with Crippen LogP contribution < -0.4 is 5.32 Å². The number of hydrogen-bond acceptors (Lipinski definition) is 4. The highest BCUT2D eigenvalue weighted by molar-refractivity contribution is 8.15. The van der Waals surface area contributed by atoms with Crippen molar-refractivity contribution in [2.75, 3.05) is 5.32 Å². The highest BCUT2D eigenvalue weighted by Crippen LogP contribution is 2.37. The minimum Gasteiger partial charge on any atom is -0.510 e. The summed E-state index contributed by atoms with van der Waals surface area (Å²) in [6, 6.07) is 29.1. The molecule has 160 valence electrons. The molecule has 0 saturated carbocycles. The summed E-state index contributed by atoms with van der Waals surface area (Å²) < 4.78 is 0. The van der Waals surface area contributed by atoms with E-state index in [0.29, 0.717) is 23.7 Å². The maximum atomic E-state index is 13.0. The van der Waals surface area contributed by atoms with Gasteiger partial charge in [-0.2, -0.15) is 0 Å². The maximum absolute atomic E-state index is 13.0. The number of carbonyl (C=O) groups excluding carboxylic acids is 1. The van der Waals surface area contributed by atoms with Gasteiger partial charge in [-0.05, 0) is 29.7 Å². The first kappa shape index (κ1) is 21.7. The Morgan fingerprint density at radius 3 is 2.25 bits per heavy atom. The van der Waals surface area contributed by atoms with Gasteiger partial charge in [-0.1, -0.05) is 103 Å². The first-order valence-corrected chi connectivity index (χ1v) is 11.3. The molecule has 5 heteroatoms. The molecule has 32 heavy (non-hydrogen) atoms. The fourth-order valence-corrected chi connectivity index (χ4v) is 4.52. The molecule has 3 aromatic rings. The van der Waals surface area contributed by atoms with E-state index in [1.807, 2.05) is 103 Å². The third-order valence-electron chi connectivity index (χ3n) is 5.00. The molecule has 1 aliphatic heterocycles. The van der Waals surface area contributed by atoms with Gasteiger partial charge < -0.3 is 10.4 Å². The minimum absolute atomic E-state index is 0.0768. The third-order valence-corrected chi connectivity index (χ3v) is 6.25. The van der Waals surface area contributed by atoms with Crippen molar-refractivity contribution >= 4 is 34.5 Å². The molecule has 0 fully saturated rings. The van der Waals surface area contributed by atoms with Gasteiger partial charge in [-0.25, -0.2) is 0 Å². The van der Waals surface area contributed by atoms with Gasteiger partial charge in [0.05, 0.1) is 11.8 Å². The number of aliphatic hydroxyl groups is 1. The van der Waals surface area contributed by atoms with E-state index in [9.17, 15) is 9.90 Å². The number of nitrogens with one attached hydrogen (secondary N) is 1. The lowest BCUT2D eigenvalue weighted by Crippen LogP contribution is -2.19. The van der Waals surface area contributed by atoms with Crippen LogP contribution in [0.2, 0.25) is 0 Å². The number of amides is 1. The monoisotopic (exact) mass is 440 g/mol. The van der Waals surface area contributed by atoms with Crippen LogP contribution in [0.4, 0.5) is 5.69 Å². The van der Waals surface area contributed by atoms with Crippen LogP contribution >= 0.6 is 11.8 Å². The fraction of sp³-hybridized carbons (Fsp3) is 0.111. The summed E-state index contributed by atoms with van der Waals surface area (Å²) in [7, 11) is 0. The topological polar surface area (TPSA) is 61.7 Å². The van der Waals surface area contributed by atoms with Crippen molar-refractivity contribution in [1.29, 1.82) is 0 Å². The highest BCUT2D eigenvalue weighted by atomic mass is 32.2. The molecule has 1 aliphatic rings. The first-order valence-electron chi connectivity index (χ1n) is 10.5. The summed E-state index contributed by atoms with van der Waals surface area (Å²) in [5.74, 6) is -0.268. The van der Waals surface area contributed by atoms with Crippen LogP contribution in [0.3, 0.4) is 0 Å². The lowest BCUT2D eigenvalue weighted by atomic mass is 10.1.